The van der Waals surface area contributed by atoms with Crippen LogP contribution in [0.5, 0.6) is 11.5 Å². The van der Waals surface area contributed by atoms with E-state index in [0.717, 1.165) is 6.08 Å². The van der Waals surface area contributed by atoms with Crippen molar-refractivity contribution < 1.29 is 28.2 Å². The third kappa shape index (κ3) is 4.91. The maximum absolute atomic E-state index is 13.4. The summed E-state index contributed by atoms with van der Waals surface area (Å²) in [4.78, 5) is 23.9. The van der Waals surface area contributed by atoms with E-state index >= 15 is 0 Å². The van der Waals surface area contributed by atoms with Gasteiger partial charge in [-0.2, -0.15) is 0 Å². The van der Waals surface area contributed by atoms with Crippen LogP contribution in [0.15, 0.2) is 48.5 Å². The molecule has 0 atom stereocenters. The van der Waals surface area contributed by atoms with Crippen molar-refractivity contribution >= 4 is 17.8 Å². The van der Waals surface area contributed by atoms with Crippen LogP contribution in [0, 0.1) is 5.82 Å². The van der Waals surface area contributed by atoms with Crippen molar-refractivity contribution in [1.29, 1.82) is 0 Å². The van der Waals surface area contributed by atoms with E-state index < -0.39 is 24.2 Å². The second-order valence-electron chi connectivity index (χ2n) is 4.95. The van der Waals surface area contributed by atoms with Crippen LogP contribution in [0.25, 0.3) is 6.08 Å². The minimum absolute atomic E-state index is 0.252. The summed E-state index contributed by atoms with van der Waals surface area (Å²) >= 11 is 0. The van der Waals surface area contributed by atoms with Gasteiger partial charge in [-0.1, -0.05) is 18.2 Å². The van der Waals surface area contributed by atoms with Crippen LogP contribution in [0.2, 0.25) is 0 Å². The number of hydrogen-bond acceptors (Lipinski definition) is 5. The number of hydrogen-bond donors (Lipinski definition) is 0. The van der Waals surface area contributed by atoms with Crippen molar-refractivity contribution in [3.8, 4) is 11.5 Å². The normalized spacial score (nSPS) is 10.5. The Hall–Kier alpha value is -3.15. The van der Waals surface area contributed by atoms with Crippen LogP contribution in [0.3, 0.4) is 0 Å². The molecule has 0 aliphatic rings. The first-order valence-electron chi connectivity index (χ1n) is 7.39. The molecule has 0 radical (unpaired) electrons. The number of carbonyl (C=O) groups excluding carboxylic acids is 2. The molecule has 0 saturated heterocycles. The van der Waals surface area contributed by atoms with Crippen molar-refractivity contribution in [2.45, 2.75) is 0 Å². The average Bonchev–Trinajstić information content (AvgIpc) is 2.64. The Kier molecular flexibility index (Phi) is 6.28. The van der Waals surface area contributed by atoms with Crippen molar-refractivity contribution in [2.75, 3.05) is 20.8 Å². The smallest absolute Gasteiger partial charge is 0.331 e. The molecule has 0 unspecified atom stereocenters. The molecule has 2 aromatic rings. The molecule has 5 nitrogen and oxygen atoms in total. The van der Waals surface area contributed by atoms with E-state index in [0.29, 0.717) is 11.5 Å². The molecule has 6 heteroatoms. The van der Waals surface area contributed by atoms with Gasteiger partial charge in [-0.25, -0.2) is 9.18 Å². The summed E-state index contributed by atoms with van der Waals surface area (Å²) in [7, 11) is 2.93. The number of ketones is 1. The van der Waals surface area contributed by atoms with Crippen molar-refractivity contribution in [2.24, 2.45) is 0 Å². The Morgan fingerprint density at radius 2 is 1.84 bits per heavy atom. The number of Topliss-reactive ketones (excluding diaryl/α,β-unsaturated/α-hetero) is 1. The Morgan fingerprint density at radius 1 is 1.08 bits per heavy atom. The topological polar surface area (TPSA) is 61.8 Å². The highest BCUT2D eigenvalue weighted by molar-refractivity contribution is 6.01. The van der Waals surface area contributed by atoms with Gasteiger partial charge < -0.3 is 14.2 Å². The maximum Gasteiger partial charge on any atom is 0.331 e. The number of esters is 1. The molecule has 0 amide bonds. The quantitative estimate of drug-likeness (QED) is 0.438. The molecular formula is C19H17FO5. The van der Waals surface area contributed by atoms with E-state index in [-0.39, 0.29) is 11.1 Å². The van der Waals surface area contributed by atoms with E-state index in [4.69, 9.17) is 14.2 Å². The fraction of sp³-hybridized carbons (Fsp3) is 0.158. The van der Waals surface area contributed by atoms with E-state index in [1.165, 1.54) is 38.5 Å². The first-order valence-corrected chi connectivity index (χ1v) is 7.39. The fourth-order valence-electron chi connectivity index (χ4n) is 2.06. The summed E-state index contributed by atoms with van der Waals surface area (Å²) in [5, 5.41) is 0. The largest absolute Gasteiger partial charge is 0.497 e. The number of methoxy groups -OCH3 is 2. The minimum Gasteiger partial charge on any atom is -0.497 e. The van der Waals surface area contributed by atoms with Crippen LogP contribution in [0.4, 0.5) is 4.39 Å². The van der Waals surface area contributed by atoms with Crippen LogP contribution in [-0.2, 0) is 9.53 Å². The minimum atomic E-state index is -0.746. The highest BCUT2D eigenvalue weighted by atomic mass is 19.1. The predicted octanol–water partition coefficient (Wildman–Crippen LogP) is 3.28. The van der Waals surface area contributed by atoms with E-state index in [9.17, 15) is 14.0 Å². The standard InChI is InChI=1S/C19H17FO5/c1-23-14-8-9-15(18(11-14)24-2)17(21)12-25-19(22)10-7-13-5-3-4-6-16(13)20/h3-11H,12H2,1-2H3/b10-7+. The molecule has 0 aliphatic carbocycles. The van der Waals surface area contributed by atoms with Crippen molar-refractivity contribution in [3.05, 3.63) is 65.5 Å². The molecule has 2 rings (SSSR count). The molecular weight excluding hydrogens is 327 g/mol. The monoisotopic (exact) mass is 344 g/mol. The zero-order valence-electron chi connectivity index (χ0n) is 13.8. The van der Waals surface area contributed by atoms with Crippen LogP contribution in [0.1, 0.15) is 15.9 Å². The zero-order chi connectivity index (χ0) is 18.2. The molecule has 2 aromatic carbocycles. The van der Waals surface area contributed by atoms with Gasteiger partial charge in [0, 0.05) is 17.7 Å². The SMILES string of the molecule is COc1ccc(C(=O)COC(=O)/C=C/c2ccccc2F)c(OC)c1. The summed E-state index contributed by atoms with van der Waals surface area (Å²) in [6, 6.07) is 10.7. The predicted molar refractivity (Wildman–Crippen MR) is 90.3 cm³/mol. The highest BCUT2D eigenvalue weighted by Crippen LogP contribution is 2.25. The van der Waals surface area contributed by atoms with Gasteiger partial charge in [-0.3, -0.25) is 4.79 Å². The summed E-state index contributed by atoms with van der Waals surface area (Å²) in [5.41, 5.74) is 0.525. The second-order valence-corrected chi connectivity index (χ2v) is 4.95. The van der Waals surface area contributed by atoms with E-state index in [2.05, 4.69) is 0 Å². The van der Waals surface area contributed by atoms with Gasteiger partial charge in [0.05, 0.1) is 19.8 Å². The molecule has 130 valence electrons. The Labute approximate surface area is 144 Å². The second kappa shape index (κ2) is 8.63. The van der Waals surface area contributed by atoms with Gasteiger partial charge >= 0.3 is 5.97 Å². The summed E-state index contributed by atoms with van der Waals surface area (Å²) < 4.78 is 28.5. The van der Waals surface area contributed by atoms with Gasteiger partial charge in [0.2, 0.25) is 5.78 Å². The molecule has 0 bridgehead atoms. The molecule has 0 spiro atoms. The number of rotatable bonds is 7. The summed E-state index contributed by atoms with van der Waals surface area (Å²) in [6.07, 6.45) is 2.35. The highest BCUT2D eigenvalue weighted by Gasteiger charge is 2.15. The summed E-state index contributed by atoms with van der Waals surface area (Å²) in [6.45, 7) is -0.455. The lowest BCUT2D eigenvalue weighted by Crippen LogP contribution is -2.13. The third-order valence-electron chi connectivity index (χ3n) is 3.36. The van der Waals surface area contributed by atoms with Gasteiger partial charge in [0.15, 0.2) is 6.61 Å². The van der Waals surface area contributed by atoms with Crippen molar-refractivity contribution in [3.63, 3.8) is 0 Å². The number of benzene rings is 2. The lowest BCUT2D eigenvalue weighted by atomic mass is 10.1. The number of ether oxygens (including phenoxy) is 3. The number of carbonyl (C=O) groups is 2. The van der Waals surface area contributed by atoms with Gasteiger partial charge in [0.25, 0.3) is 0 Å². The van der Waals surface area contributed by atoms with Gasteiger partial charge in [0.1, 0.15) is 17.3 Å². The molecule has 0 fully saturated rings. The first-order chi connectivity index (χ1) is 12.0. The van der Waals surface area contributed by atoms with Gasteiger partial charge in [-0.15, -0.1) is 0 Å². The molecule has 0 saturated carbocycles. The fourth-order valence-corrected chi connectivity index (χ4v) is 2.06. The van der Waals surface area contributed by atoms with Crippen LogP contribution in [-0.4, -0.2) is 32.6 Å². The van der Waals surface area contributed by atoms with Crippen LogP contribution < -0.4 is 9.47 Å². The maximum atomic E-state index is 13.4. The molecule has 0 aromatic heterocycles. The van der Waals surface area contributed by atoms with Gasteiger partial charge in [-0.05, 0) is 24.3 Å². The molecule has 0 heterocycles. The van der Waals surface area contributed by atoms with E-state index in [1.807, 2.05) is 0 Å². The lowest BCUT2D eigenvalue weighted by Gasteiger charge is -2.09. The third-order valence-corrected chi connectivity index (χ3v) is 3.36. The zero-order valence-corrected chi connectivity index (χ0v) is 13.8. The lowest BCUT2D eigenvalue weighted by molar-refractivity contribution is -0.136. The molecule has 0 aliphatic heterocycles. The van der Waals surface area contributed by atoms with E-state index in [1.54, 1.807) is 24.3 Å². The first kappa shape index (κ1) is 18.2. The van der Waals surface area contributed by atoms with Crippen molar-refractivity contribution in [1.82, 2.24) is 0 Å². The molecule has 0 N–H and O–H groups in total. The Balaban J connectivity index is 1.98. The van der Waals surface area contributed by atoms with Crippen LogP contribution >= 0.6 is 0 Å². The Bertz CT molecular complexity index is 798. The number of halogens is 1. The molecule has 25 heavy (non-hydrogen) atoms. The summed E-state index contributed by atoms with van der Waals surface area (Å²) in [5.74, 6) is -0.762. The average molecular weight is 344 g/mol. The Morgan fingerprint density at radius 3 is 2.52 bits per heavy atom.